The topological polar surface area (TPSA) is 3.24 Å². The molecule has 0 atom stereocenters. The largest absolute Gasteiger partial charge is 0.256 e. The summed E-state index contributed by atoms with van der Waals surface area (Å²) in [5.74, 6) is 0. The molecule has 0 spiro atoms. The summed E-state index contributed by atoms with van der Waals surface area (Å²) in [5, 5.41) is 0. The zero-order chi connectivity index (χ0) is 5.11. The second-order valence-electron chi connectivity index (χ2n) is 1.80. The van der Waals surface area contributed by atoms with E-state index in [1.54, 1.807) is 0 Å². The molecular formula is C4H8BIN. The fraction of sp³-hybridized carbons (Fsp3) is 1.00. The van der Waals surface area contributed by atoms with Gasteiger partial charge in [-0.25, -0.2) is 0 Å². The quantitative estimate of drug-likeness (QED) is 0.327. The molecule has 3 heteroatoms. The first kappa shape index (κ1) is 5.88. The summed E-state index contributed by atoms with van der Waals surface area (Å²) in [6.07, 6.45) is 3.85. The SMILES string of the molecule is IN1C[B]CCC1. The van der Waals surface area contributed by atoms with E-state index in [0.717, 1.165) is 0 Å². The first-order valence-corrected chi connectivity index (χ1v) is 3.58. The van der Waals surface area contributed by atoms with Crippen LogP contribution in [-0.4, -0.2) is 23.4 Å². The summed E-state index contributed by atoms with van der Waals surface area (Å²) in [7, 11) is 2.33. The van der Waals surface area contributed by atoms with Gasteiger partial charge in [-0.15, -0.1) is 0 Å². The molecule has 1 heterocycles. The molecule has 7 heavy (non-hydrogen) atoms. The van der Waals surface area contributed by atoms with Crippen molar-refractivity contribution in [3.8, 4) is 0 Å². The first-order valence-electron chi connectivity index (χ1n) is 2.62. The molecule has 1 rings (SSSR count). The van der Waals surface area contributed by atoms with Crippen LogP contribution in [0.25, 0.3) is 0 Å². The number of hydrogen-bond acceptors (Lipinski definition) is 1. The van der Waals surface area contributed by atoms with E-state index in [1.807, 2.05) is 0 Å². The van der Waals surface area contributed by atoms with Crippen LogP contribution in [0, 0.1) is 0 Å². The molecule has 0 aromatic carbocycles. The lowest BCUT2D eigenvalue weighted by molar-refractivity contribution is 0.551. The number of halogens is 1. The highest BCUT2D eigenvalue weighted by molar-refractivity contribution is 14.1. The maximum absolute atomic E-state index is 2.36. The van der Waals surface area contributed by atoms with E-state index in [4.69, 9.17) is 0 Å². The number of nitrogens with zero attached hydrogens (tertiary/aromatic N) is 1. The molecule has 1 aliphatic rings. The van der Waals surface area contributed by atoms with E-state index in [0.29, 0.717) is 0 Å². The van der Waals surface area contributed by atoms with Gasteiger partial charge in [-0.3, -0.25) is 3.11 Å². The van der Waals surface area contributed by atoms with Gasteiger partial charge in [0.1, 0.15) is 7.28 Å². The molecule has 0 bridgehead atoms. The average Bonchev–Trinajstić information content (AvgIpc) is 1.69. The molecule has 0 amide bonds. The van der Waals surface area contributed by atoms with Gasteiger partial charge in [0.05, 0.1) is 0 Å². The molecule has 0 aromatic rings. The first-order chi connectivity index (χ1) is 3.39. The summed E-state index contributed by atoms with van der Waals surface area (Å²) >= 11 is 2.36. The molecule has 1 aliphatic heterocycles. The van der Waals surface area contributed by atoms with Crippen molar-refractivity contribution in [1.82, 2.24) is 3.11 Å². The van der Waals surface area contributed by atoms with Crippen molar-refractivity contribution in [1.29, 1.82) is 0 Å². The van der Waals surface area contributed by atoms with Gasteiger partial charge in [0.25, 0.3) is 0 Å². The molecule has 0 unspecified atom stereocenters. The van der Waals surface area contributed by atoms with E-state index < -0.39 is 0 Å². The lowest BCUT2D eigenvalue weighted by atomic mass is 9.71. The van der Waals surface area contributed by atoms with Crippen LogP contribution in [0.1, 0.15) is 6.42 Å². The molecule has 0 saturated carbocycles. The molecule has 0 aromatic heterocycles. The minimum atomic E-state index is 1.18. The Labute approximate surface area is 59.2 Å². The summed E-state index contributed by atoms with van der Waals surface area (Å²) in [4.78, 5) is 0. The predicted molar refractivity (Wildman–Crippen MR) is 40.8 cm³/mol. The highest BCUT2D eigenvalue weighted by atomic mass is 127. The molecule has 0 aliphatic carbocycles. The van der Waals surface area contributed by atoms with Crippen LogP contribution in [0.3, 0.4) is 0 Å². The van der Waals surface area contributed by atoms with Crippen LogP contribution in [0.4, 0.5) is 0 Å². The maximum Gasteiger partial charge on any atom is 0.129 e. The number of rotatable bonds is 0. The van der Waals surface area contributed by atoms with E-state index in [1.165, 1.54) is 25.7 Å². The zero-order valence-electron chi connectivity index (χ0n) is 4.23. The van der Waals surface area contributed by atoms with Crippen LogP contribution in [0.15, 0.2) is 0 Å². The molecule has 1 fully saturated rings. The Hall–Kier alpha value is 0.755. The Bertz CT molecular complexity index is 53.7. The third-order valence-electron chi connectivity index (χ3n) is 1.14. The fourth-order valence-electron chi connectivity index (χ4n) is 0.730. The highest BCUT2D eigenvalue weighted by Crippen LogP contribution is 2.06. The van der Waals surface area contributed by atoms with Gasteiger partial charge < -0.3 is 0 Å². The van der Waals surface area contributed by atoms with Gasteiger partial charge in [-0.1, -0.05) is 6.32 Å². The molecule has 0 N–H and O–H groups in total. The maximum atomic E-state index is 2.36. The third-order valence-corrected chi connectivity index (χ3v) is 2.01. The van der Waals surface area contributed by atoms with Crippen molar-refractivity contribution in [3.63, 3.8) is 0 Å². The Balaban J connectivity index is 2.12. The Morgan fingerprint density at radius 2 is 2.43 bits per heavy atom. The third kappa shape index (κ3) is 1.99. The molecule has 1 nitrogen and oxygen atoms in total. The fourth-order valence-corrected chi connectivity index (χ4v) is 1.35. The van der Waals surface area contributed by atoms with Gasteiger partial charge in [-0.2, -0.15) is 0 Å². The minimum Gasteiger partial charge on any atom is -0.256 e. The normalized spacial score (nSPS) is 24.1. The monoisotopic (exact) mass is 208 g/mol. The van der Waals surface area contributed by atoms with Crippen LogP contribution < -0.4 is 0 Å². The zero-order valence-corrected chi connectivity index (χ0v) is 6.39. The van der Waals surface area contributed by atoms with E-state index >= 15 is 0 Å². The second kappa shape index (κ2) is 2.92. The highest BCUT2D eigenvalue weighted by Gasteiger charge is 2.05. The van der Waals surface area contributed by atoms with Gasteiger partial charge in [0.15, 0.2) is 0 Å². The summed E-state index contributed by atoms with van der Waals surface area (Å²) in [6, 6.07) is 0. The van der Waals surface area contributed by atoms with Gasteiger partial charge in [-0.05, 0) is 12.9 Å². The van der Waals surface area contributed by atoms with Gasteiger partial charge in [0, 0.05) is 29.4 Å². The Morgan fingerprint density at radius 3 is 2.71 bits per heavy atom. The molecule has 1 saturated heterocycles. The van der Waals surface area contributed by atoms with E-state index in [2.05, 4.69) is 33.3 Å². The van der Waals surface area contributed by atoms with Crippen molar-refractivity contribution in [2.45, 2.75) is 12.7 Å². The standard InChI is InChI=1S/C4H8BIN/c6-7-3-1-2-5-4-7/h1-4H2. The number of hydrogen-bond donors (Lipinski definition) is 0. The lowest BCUT2D eigenvalue weighted by Gasteiger charge is -2.17. The Kier molecular flexibility index (Phi) is 2.45. The molecular weight excluding hydrogens is 200 g/mol. The van der Waals surface area contributed by atoms with E-state index in [9.17, 15) is 0 Å². The van der Waals surface area contributed by atoms with Crippen LogP contribution in [0.5, 0.6) is 0 Å². The molecule has 39 valence electrons. The van der Waals surface area contributed by atoms with Crippen molar-refractivity contribution in [2.75, 3.05) is 13.0 Å². The van der Waals surface area contributed by atoms with Gasteiger partial charge in [0.2, 0.25) is 0 Å². The van der Waals surface area contributed by atoms with Crippen molar-refractivity contribution in [2.24, 2.45) is 0 Å². The van der Waals surface area contributed by atoms with Crippen molar-refractivity contribution < 1.29 is 0 Å². The van der Waals surface area contributed by atoms with Crippen LogP contribution >= 0.6 is 22.9 Å². The second-order valence-corrected chi connectivity index (χ2v) is 3.16. The van der Waals surface area contributed by atoms with E-state index in [-0.39, 0.29) is 0 Å². The molecule has 1 radical (unpaired) electrons. The summed E-state index contributed by atoms with van der Waals surface area (Å²) in [6.45, 7) is 1.27. The van der Waals surface area contributed by atoms with Gasteiger partial charge >= 0.3 is 0 Å². The van der Waals surface area contributed by atoms with Crippen LogP contribution in [-0.2, 0) is 0 Å². The smallest absolute Gasteiger partial charge is 0.129 e. The minimum absolute atomic E-state index is 1.18. The van der Waals surface area contributed by atoms with Crippen molar-refractivity contribution >= 4 is 30.1 Å². The lowest BCUT2D eigenvalue weighted by Crippen LogP contribution is -2.24. The van der Waals surface area contributed by atoms with Crippen LogP contribution in [0.2, 0.25) is 6.32 Å². The Morgan fingerprint density at radius 1 is 1.57 bits per heavy atom. The summed E-state index contributed by atoms with van der Waals surface area (Å²) < 4.78 is 2.31. The van der Waals surface area contributed by atoms with Crippen molar-refractivity contribution in [3.05, 3.63) is 0 Å². The average molecular weight is 208 g/mol. The predicted octanol–water partition coefficient (Wildman–Crippen LogP) is 1.12. The summed E-state index contributed by atoms with van der Waals surface area (Å²) in [5.41, 5.74) is 0.